The third-order valence-electron chi connectivity index (χ3n) is 3.93. The molecule has 136 valence electrons. The molecule has 0 amide bonds. The molecule has 0 aliphatic rings. The second kappa shape index (κ2) is 7.94. The molecule has 0 fully saturated rings. The maximum absolute atomic E-state index is 6.10. The van der Waals surface area contributed by atoms with Gasteiger partial charge in [-0.05, 0) is 31.2 Å². The highest BCUT2D eigenvalue weighted by Gasteiger charge is 2.15. The Labute approximate surface area is 165 Å². The maximum atomic E-state index is 6.10. The number of hydrogen-bond donors (Lipinski definition) is 0. The summed E-state index contributed by atoms with van der Waals surface area (Å²) in [7, 11) is 0. The first-order valence-corrected chi connectivity index (χ1v) is 9.80. The van der Waals surface area contributed by atoms with E-state index in [-0.39, 0.29) is 0 Å². The van der Waals surface area contributed by atoms with Crippen LogP contribution in [0.4, 0.5) is 0 Å². The van der Waals surface area contributed by atoms with Crippen LogP contribution >= 0.6 is 23.4 Å². The molecule has 0 spiro atoms. The molecule has 0 bridgehead atoms. The third kappa shape index (κ3) is 3.89. The molecule has 0 N–H and O–H groups in total. The lowest BCUT2D eigenvalue weighted by molar-refractivity contribution is 0.528. The molecule has 0 saturated heterocycles. The van der Waals surface area contributed by atoms with E-state index in [1.807, 2.05) is 59.2 Å². The molecule has 0 atom stereocenters. The van der Waals surface area contributed by atoms with Crippen molar-refractivity contribution in [2.24, 2.45) is 0 Å². The molecule has 4 rings (SSSR count). The molecular weight excluding hydrogens is 382 g/mol. The third-order valence-corrected chi connectivity index (χ3v) is 5.11. The Bertz CT molecular complexity index is 1050. The second-order valence-corrected chi connectivity index (χ2v) is 7.10. The van der Waals surface area contributed by atoms with Gasteiger partial charge in [-0.3, -0.25) is 0 Å². The van der Waals surface area contributed by atoms with Crippen molar-refractivity contribution in [1.29, 1.82) is 0 Å². The first-order chi connectivity index (χ1) is 13.2. The minimum atomic E-state index is 0.516. The van der Waals surface area contributed by atoms with E-state index in [0.29, 0.717) is 22.6 Å². The van der Waals surface area contributed by atoms with Crippen LogP contribution < -0.4 is 0 Å². The zero-order chi connectivity index (χ0) is 18.6. The molecule has 4 aromatic rings. The van der Waals surface area contributed by atoms with Gasteiger partial charge in [0.05, 0.1) is 5.75 Å². The first kappa shape index (κ1) is 17.8. The van der Waals surface area contributed by atoms with Gasteiger partial charge in [-0.15, -0.1) is 20.4 Å². The normalized spacial score (nSPS) is 11.0. The van der Waals surface area contributed by atoms with Crippen molar-refractivity contribution in [2.45, 2.75) is 24.4 Å². The first-order valence-electron chi connectivity index (χ1n) is 8.44. The predicted molar refractivity (Wildman–Crippen MR) is 105 cm³/mol. The number of thioether (sulfide) groups is 1. The topological polar surface area (TPSA) is 69.6 Å². The molecule has 2 heterocycles. The van der Waals surface area contributed by atoms with E-state index in [0.717, 1.165) is 28.7 Å². The van der Waals surface area contributed by atoms with Crippen LogP contribution in [0.25, 0.3) is 22.8 Å². The highest BCUT2D eigenvalue weighted by molar-refractivity contribution is 7.98. The molecular formula is C19H16ClN5OS. The summed E-state index contributed by atoms with van der Waals surface area (Å²) in [6.45, 7) is 2.80. The zero-order valence-corrected chi connectivity index (χ0v) is 16.1. The van der Waals surface area contributed by atoms with E-state index in [1.165, 1.54) is 11.8 Å². The smallest absolute Gasteiger partial charge is 0.247 e. The van der Waals surface area contributed by atoms with Crippen molar-refractivity contribution in [2.75, 3.05) is 0 Å². The fraction of sp³-hybridized carbons (Fsp3) is 0.158. The number of hydrogen-bond acceptors (Lipinski definition) is 6. The summed E-state index contributed by atoms with van der Waals surface area (Å²) in [5.74, 6) is 2.38. The number of nitrogens with zero attached hydrogens (tertiary/aromatic N) is 5. The van der Waals surface area contributed by atoms with Gasteiger partial charge in [-0.25, -0.2) is 0 Å². The van der Waals surface area contributed by atoms with Gasteiger partial charge in [-0.2, -0.15) is 0 Å². The molecule has 0 radical (unpaired) electrons. The average Bonchev–Trinajstić information content (AvgIpc) is 3.34. The van der Waals surface area contributed by atoms with Gasteiger partial charge in [0.1, 0.15) is 0 Å². The monoisotopic (exact) mass is 397 g/mol. The summed E-state index contributed by atoms with van der Waals surface area (Å²) < 4.78 is 7.80. The summed E-state index contributed by atoms with van der Waals surface area (Å²) in [6.07, 6.45) is 0. The fourth-order valence-corrected chi connectivity index (χ4v) is 3.69. The lowest BCUT2D eigenvalue weighted by Gasteiger charge is -2.06. The van der Waals surface area contributed by atoms with Crippen molar-refractivity contribution < 1.29 is 4.42 Å². The highest BCUT2D eigenvalue weighted by Crippen LogP contribution is 2.28. The SMILES string of the molecule is CCn1c(SCc2nnc(-c3ccccc3)o2)nnc1-c1cccc(Cl)c1. The Hall–Kier alpha value is -2.64. The van der Waals surface area contributed by atoms with Gasteiger partial charge in [0.15, 0.2) is 11.0 Å². The Kier molecular flexibility index (Phi) is 5.22. The molecule has 0 saturated carbocycles. The van der Waals surface area contributed by atoms with Gasteiger partial charge in [0.25, 0.3) is 0 Å². The Balaban J connectivity index is 1.52. The van der Waals surface area contributed by atoms with Crippen molar-refractivity contribution in [1.82, 2.24) is 25.0 Å². The summed E-state index contributed by atoms with van der Waals surface area (Å²) in [5.41, 5.74) is 1.84. The van der Waals surface area contributed by atoms with Crippen LogP contribution in [0, 0.1) is 0 Å². The number of rotatable bonds is 6. The Morgan fingerprint density at radius 2 is 1.78 bits per heavy atom. The molecule has 0 aliphatic carbocycles. The highest BCUT2D eigenvalue weighted by atomic mass is 35.5. The Morgan fingerprint density at radius 3 is 2.56 bits per heavy atom. The van der Waals surface area contributed by atoms with Crippen LogP contribution in [0.3, 0.4) is 0 Å². The van der Waals surface area contributed by atoms with E-state index >= 15 is 0 Å². The van der Waals surface area contributed by atoms with Crippen molar-refractivity contribution in [3.8, 4) is 22.8 Å². The van der Waals surface area contributed by atoms with E-state index in [9.17, 15) is 0 Å². The van der Waals surface area contributed by atoms with Crippen molar-refractivity contribution in [3.63, 3.8) is 0 Å². The number of halogens is 1. The summed E-state index contributed by atoms with van der Waals surface area (Å²) in [6, 6.07) is 17.3. The van der Waals surface area contributed by atoms with Gasteiger partial charge in [-0.1, -0.05) is 53.7 Å². The molecule has 0 aliphatic heterocycles. The summed E-state index contributed by atoms with van der Waals surface area (Å²) in [4.78, 5) is 0. The average molecular weight is 398 g/mol. The van der Waals surface area contributed by atoms with E-state index in [2.05, 4.69) is 27.3 Å². The van der Waals surface area contributed by atoms with Gasteiger partial charge in [0, 0.05) is 22.7 Å². The largest absolute Gasteiger partial charge is 0.420 e. The van der Waals surface area contributed by atoms with Crippen LogP contribution in [-0.4, -0.2) is 25.0 Å². The standard InChI is InChI=1S/C19H16ClN5OS/c1-2-25-17(14-9-6-10-15(20)11-14)22-24-19(25)27-12-16-21-23-18(26-16)13-7-4-3-5-8-13/h3-11H,2,12H2,1H3. The fourth-order valence-electron chi connectivity index (χ4n) is 2.66. The minimum absolute atomic E-state index is 0.516. The summed E-state index contributed by atoms with van der Waals surface area (Å²) >= 11 is 7.61. The molecule has 0 unspecified atom stereocenters. The molecule has 8 heteroatoms. The van der Waals surface area contributed by atoms with Crippen LogP contribution in [0.2, 0.25) is 5.02 Å². The quantitative estimate of drug-likeness (QED) is 0.428. The minimum Gasteiger partial charge on any atom is -0.420 e. The van der Waals surface area contributed by atoms with Crippen LogP contribution in [-0.2, 0) is 12.3 Å². The maximum Gasteiger partial charge on any atom is 0.247 e. The molecule has 2 aromatic carbocycles. The molecule has 27 heavy (non-hydrogen) atoms. The number of aromatic nitrogens is 5. The van der Waals surface area contributed by atoms with E-state index in [4.69, 9.17) is 16.0 Å². The summed E-state index contributed by atoms with van der Waals surface area (Å²) in [5, 5.41) is 18.4. The van der Waals surface area contributed by atoms with Gasteiger partial charge >= 0.3 is 0 Å². The van der Waals surface area contributed by atoms with Crippen LogP contribution in [0.15, 0.2) is 64.2 Å². The van der Waals surface area contributed by atoms with Gasteiger partial charge < -0.3 is 8.98 Å². The lowest BCUT2D eigenvalue weighted by atomic mass is 10.2. The zero-order valence-electron chi connectivity index (χ0n) is 14.5. The predicted octanol–water partition coefficient (Wildman–Crippen LogP) is 4.96. The number of benzene rings is 2. The van der Waals surface area contributed by atoms with Crippen LogP contribution in [0.1, 0.15) is 12.8 Å². The van der Waals surface area contributed by atoms with E-state index < -0.39 is 0 Å². The second-order valence-electron chi connectivity index (χ2n) is 5.72. The van der Waals surface area contributed by atoms with E-state index in [1.54, 1.807) is 0 Å². The van der Waals surface area contributed by atoms with Crippen LogP contribution in [0.5, 0.6) is 0 Å². The molecule has 2 aromatic heterocycles. The van der Waals surface area contributed by atoms with Gasteiger partial charge in [0.2, 0.25) is 11.8 Å². The molecule has 6 nitrogen and oxygen atoms in total. The van der Waals surface area contributed by atoms with Crippen molar-refractivity contribution >= 4 is 23.4 Å². The Morgan fingerprint density at radius 1 is 0.963 bits per heavy atom. The lowest BCUT2D eigenvalue weighted by Crippen LogP contribution is -2.00. The van der Waals surface area contributed by atoms with Crippen molar-refractivity contribution in [3.05, 3.63) is 65.5 Å².